The number of nitrogens with zero attached hydrogens (tertiary/aromatic N) is 1. The van der Waals surface area contributed by atoms with Crippen molar-refractivity contribution in [2.75, 3.05) is 32.8 Å². The van der Waals surface area contributed by atoms with E-state index in [1.165, 1.54) is 0 Å². The lowest BCUT2D eigenvalue weighted by Gasteiger charge is -2.38. The first-order chi connectivity index (χ1) is 12.6. The fourth-order valence-corrected chi connectivity index (χ4v) is 3.26. The van der Waals surface area contributed by atoms with Gasteiger partial charge in [-0.05, 0) is 23.3 Å². The summed E-state index contributed by atoms with van der Waals surface area (Å²) in [6.45, 7) is 1.52. The van der Waals surface area contributed by atoms with Crippen molar-refractivity contribution in [2.24, 2.45) is 0 Å². The molecule has 0 spiro atoms. The molecule has 0 aromatic heterocycles. The van der Waals surface area contributed by atoms with E-state index in [9.17, 15) is 13.9 Å². The SMILES string of the molecule is Cl.OCC(F)(F)[C@H](c1cccc(OCc2ccccc2)c1)N1CCNCC1. The highest BCUT2D eigenvalue weighted by molar-refractivity contribution is 5.85. The zero-order valence-electron chi connectivity index (χ0n) is 15.0. The number of benzene rings is 2. The van der Waals surface area contributed by atoms with Gasteiger partial charge in [-0.3, -0.25) is 4.90 Å². The number of nitrogens with one attached hydrogen (secondary N) is 1. The first-order valence-corrected chi connectivity index (χ1v) is 8.80. The van der Waals surface area contributed by atoms with E-state index >= 15 is 0 Å². The van der Waals surface area contributed by atoms with E-state index in [0.29, 0.717) is 44.1 Å². The van der Waals surface area contributed by atoms with Gasteiger partial charge < -0.3 is 15.2 Å². The molecule has 1 heterocycles. The van der Waals surface area contributed by atoms with Crippen molar-refractivity contribution < 1.29 is 18.6 Å². The molecule has 2 aromatic rings. The largest absolute Gasteiger partial charge is 0.489 e. The maximum atomic E-state index is 14.5. The molecule has 7 heteroatoms. The Balaban J connectivity index is 0.00000261. The van der Waals surface area contributed by atoms with Crippen molar-refractivity contribution in [3.63, 3.8) is 0 Å². The number of piperazine rings is 1. The lowest BCUT2D eigenvalue weighted by molar-refractivity contribution is -0.118. The topological polar surface area (TPSA) is 44.7 Å². The second-order valence-electron chi connectivity index (χ2n) is 6.45. The molecule has 148 valence electrons. The third kappa shape index (κ3) is 5.62. The first kappa shape index (κ1) is 21.6. The van der Waals surface area contributed by atoms with Gasteiger partial charge in [0.1, 0.15) is 25.0 Å². The molecule has 1 aliphatic heterocycles. The van der Waals surface area contributed by atoms with E-state index in [2.05, 4.69) is 5.32 Å². The summed E-state index contributed by atoms with van der Waals surface area (Å²) in [6.07, 6.45) is 0. The van der Waals surface area contributed by atoms with Crippen LogP contribution in [0.3, 0.4) is 0 Å². The molecule has 1 aliphatic rings. The van der Waals surface area contributed by atoms with E-state index in [0.717, 1.165) is 5.56 Å². The number of hydrogen-bond acceptors (Lipinski definition) is 4. The maximum absolute atomic E-state index is 14.5. The number of aliphatic hydroxyl groups excluding tert-OH is 1. The van der Waals surface area contributed by atoms with Gasteiger partial charge in [-0.1, -0.05) is 42.5 Å². The van der Waals surface area contributed by atoms with E-state index in [4.69, 9.17) is 4.74 Å². The average Bonchev–Trinajstić information content (AvgIpc) is 2.68. The standard InChI is InChI=1S/C20H24F2N2O2.ClH/c21-20(22,15-25)19(24-11-9-23-10-12-24)17-7-4-8-18(13-17)26-14-16-5-2-1-3-6-16;/h1-8,13,19,23,25H,9-12,14-15H2;1H/t19-;/m0./s1. The van der Waals surface area contributed by atoms with Crippen LogP contribution in [0.25, 0.3) is 0 Å². The lowest BCUT2D eigenvalue weighted by Crippen LogP contribution is -2.51. The maximum Gasteiger partial charge on any atom is 0.289 e. The fraction of sp³-hybridized carbons (Fsp3) is 0.400. The summed E-state index contributed by atoms with van der Waals surface area (Å²) in [5.41, 5.74) is 1.47. The zero-order chi connectivity index (χ0) is 18.4. The van der Waals surface area contributed by atoms with Crippen LogP contribution in [0.15, 0.2) is 54.6 Å². The fourth-order valence-electron chi connectivity index (χ4n) is 3.26. The molecule has 2 N–H and O–H groups in total. The van der Waals surface area contributed by atoms with Gasteiger partial charge in [0.05, 0.1) is 0 Å². The number of aliphatic hydroxyl groups is 1. The van der Waals surface area contributed by atoms with E-state index in [1.807, 2.05) is 30.3 Å². The van der Waals surface area contributed by atoms with Crippen molar-refractivity contribution in [2.45, 2.75) is 18.6 Å². The summed E-state index contributed by atoms with van der Waals surface area (Å²) in [4.78, 5) is 1.73. The molecule has 0 saturated carbocycles. The second-order valence-corrected chi connectivity index (χ2v) is 6.45. The van der Waals surface area contributed by atoms with Crippen LogP contribution in [0.1, 0.15) is 17.2 Å². The molecule has 27 heavy (non-hydrogen) atoms. The summed E-state index contributed by atoms with van der Waals surface area (Å²) in [5.74, 6) is -2.68. The summed E-state index contributed by atoms with van der Waals surface area (Å²) in [5, 5.41) is 12.4. The minimum Gasteiger partial charge on any atom is -0.489 e. The highest BCUT2D eigenvalue weighted by Gasteiger charge is 2.44. The third-order valence-electron chi connectivity index (χ3n) is 4.55. The number of alkyl halides is 2. The van der Waals surface area contributed by atoms with Crippen LogP contribution >= 0.6 is 12.4 Å². The second kappa shape index (κ2) is 9.99. The smallest absolute Gasteiger partial charge is 0.289 e. The van der Waals surface area contributed by atoms with Crippen LogP contribution in [0.2, 0.25) is 0 Å². The molecular formula is C20H25ClF2N2O2. The minimum absolute atomic E-state index is 0. The van der Waals surface area contributed by atoms with Crippen molar-refractivity contribution in [3.05, 3.63) is 65.7 Å². The molecule has 4 nitrogen and oxygen atoms in total. The third-order valence-corrected chi connectivity index (χ3v) is 4.55. The van der Waals surface area contributed by atoms with Crippen LogP contribution < -0.4 is 10.1 Å². The quantitative estimate of drug-likeness (QED) is 0.751. The molecule has 0 unspecified atom stereocenters. The van der Waals surface area contributed by atoms with E-state index in [1.54, 1.807) is 29.2 Å². The van der Waals surface area contributed by atoms with E-state index < -0.39 is 18.6 Å². The molecule has 1 fully saturated rings. The Morgan fingerprint density at radius 1 is 1.07 bits per heavy atom. The van der Waals surface area contributed by atoms with Gasteiger partial charge >= 0.3 is 0 Å². The van der Waals surface area contributed by atoms with Gasteiger partial charge in [-0.2, -0.15) is 0 Å². The van der Waals surface area contributed by atoms with Crippen molar-refractivity contribution in [1.29, 1.82) is 0 Å². The Bertz CT molecular complexity index is 697. The summed E-state index contributed by atoms with van der Waals surface area (Å²) < 4.78 is 34.8. The van der Waals surface area contributed by atoms with Crippen LogP contribution in [0.5, 0.6) is 5.75 Å². The predicted octanol–water partition coefficient (Wildman–Crippen LogP) is 3.26. The highest BCUT2D eigenvalue weighted by atomic mass is 35.5. The lowest BCUT2D eigenvalue weighted by atomic mass is 9.98. The molecule has 0 radical (unpaired) electrons. The number of hydrogen-bond donors (Lipinski definition) is 2. The number of ether oxygens (including phenoxy) is 1. The monoisotopic (exact) mass is 398 g/mol. The summed E-state index contributed by atoms with van der Waals surface area (Å²) >= 11 is 0. The number of rotatable bonds is 7. The van der Waals surface area contributed by atoms with Gasteiger partial charge in [0.25, 0.3) is 5.92 Å². The molecule has 1 saturated heterocycles. The van der Waals surface area contributed by atoms with Gasteiger partial charge in [0.2, 0.25) is 0 Å². The Kier molecular flexibility index (Phi) is 7.98. The van der Waals surface area contributed by atoms with Crippen LogP contribution in [-0.2, 0) is 6.61 Å². The zero-order valence-corrected chi connectivity index (χ0v) is 15.8. The van der Waals surface area contributed by atoms with Gasteiger partial charge in [0.15, 0.2) is 0 Å². The summed E-state index contributed by atoms with van der Waals surface area (Å²) in [7, 11) is 0. The van der Waals surface area contributed by atoms with Gasteiger partial charge in [0, 0.05) is 26.2 Å². The van der Waals surface area contributed by atoms with Crippen LogP contribution in [0, 0.1) is 0 Å². The van der Waals surface area contributed by atoms with Crippen molar-refractivity contribution in [3.8, 4) is 5.75 Å². The molecule has 0 bridgehead atoms. The van der Waals surface area contributed by atoms with Gasteiger partial charge in [-0.15, -0.1) is 12.4 Å². The molecule has 0 amide bonds. The molecule has 1 atom stereocenters. The van der Waals surface area contributed by atoms with E-state index in [-0.39, 0.29) is 12.4 Å². The highest BCUT2D eigenvalue weighted by Crippen LogP contribution is 2.37. The minimum atomic E-state index is -3.23. The molecular weight excluding hydrogens is 374 g/mol. The Morgan fingerprint density at radius 2 is 1.78 bits per heavy atom. The molecule has 2 aromatic carbocycles. The van der Waals surface area contributed by atoms with Crippen molar-refractivity contribution >= 4 is 12.4 Å². The van der Waals surface area contributed by atoms with Gasteiger partial charge in [-0.25, -0.2) is 8.78 Å². The average molecular weight is 399 g/mol. The van der Waals surface area contributed by atoms with Crippen molar-refractivity contribution in [1.82, 2.24) is 10.2 Å². The van der Waals surface area contributed by atoms with Crippen LogP contribution in [0.4, 0.5) is 8.78 Å². The normalized spacial score (nSPS) is 16.4. The summed E-state index contributed by atoms with van der Waals surface area (Å²) in [6, 6.07) is 15.3. The predicted molar refractivity (Wildman–Crippen MR) is 104 cm³/mol. The Hall–Kier alpha value is -1.73. The molecule has 3 rings (SSSR count). The first-order valence-electron chi connectivity index (χ1n) is 8.80. The van der Waals surface area contributed by atoms with Crippen LogP contribution in [-0.4, -0.2) is 48.7 Å². The Morgan fingerprint density at radius 3 is 2.44 bits per heavy atom. The number of halogens is 3. The Labute approximate surface area is 164 Å². The molecule has 0 aliphatic carbocycles.